The van der Waals surface area contributed by atoms with Crippen LogP contribution in [0.3, 0.4) is 0 Å². The van der Waals surface area contributed by atoms with Crippen molar-refractivity contribution in [1.29, 1.82) is 0 Å². The molecule has 2 amide bonds. The van der Waals surface area contributed by atoms with E-state index in [9.17, 15) is 9.59 Å². The summed E-state index contributed by atoms with van der Waals surface area (Å²) in [7, 11) is 0. The zero-order valence-electron chi connectivity index (χ0n) is 18.3. The molecule has 1 unspecified atom stereocenters. The molecule has 1 saturated heterocycles. The van der Waals surface area contributed by atoms with Gasteiger partial charge in [-0.15, -0.1) is 11.3 Å². The Morgan fingerprint density at radius 3 is 2.55 bits per heavy atom. The largest absolute Gasteiger partial charge is 0.484 e. The van der Waals surface area contributed by atoms with Crippen molar-refractivity contribution in [2.45, 2.75) is 25.3 Å². The second-order valence-corrected chi connectivity index (χ2v) is 9.29. The fourth-order valence-corrected chi connectivity index (χ4v) is 5.11. The molecule has 2 fully saturated rings. The fourth-order valence-electron chi connectivity index (χ4n) is 4.13. The number of aromatic nitrogens is 2. The topological polar surface area (TPSA) is 75.6 Å². The van der Waals surface area contributed by atoms with Gasteiger partial charge in [-0.3, -0.25) is 14.6 Å². The molecule has 7 nitrogen and oxygen atoms in total. The summed E-state index contributed by atoms with van der Waals surface area (Å²) in [6.45, 7) is 1.61. The first-order valence-electron chi connectivity index (χ1n) is 11.3. The molecule has 3 aromatic rings. The van der Waals surface area contributed by atoms with Gasteiger partial charge in [0.2, 0.25) is 5.91 Å². The first kappa shape index (κ1) is 21.6. The maximum Gasteiger partial charge on any atom is 0.261 e. The summed E-state index contributed by atoms with van der Waals surface area (Å²) in [6, 6.07) is 13.0. The van der Waals surface area contributed by atoms with Gasteiger partial charge in [-0.05, 0) is 43.5 Å². The van der Waals surface area contributed by atoms with Crippen molar-refractivity contribution in [3.63, 3.8) is 0 Å². The molecule has 1 aliphatic carbocycles. The molecule has 2 aliphatic rings. The number of ether oxygens (including phenoxy) is 1. The Kier molecular flexibility index (Phi) is 6.35. The lowest BCUT2D eigenvalue weighted by Gasteiger charge is -2.28. The maximum atomic E-state index is 13.3. The van der Waals surface area contributed by atoms with Crippen LogP contribution >= 0.6 is 11.3 Å². The number of hydrogen-bond donors (Lipinski definition) is 0. The highest BCUT2D eigenvalue weighted by Crippen LogP contribution is 2.35. The van der Waals surface area contributed by atoms with E-state index in [1.165, 1.54) is 0 Å². The predicted octanol–water partition coefficient (Wildman–Crippen LogP) is 3.80. The van der Waals surface area contributed by atoms with Gasteiger partial charge in [0.15, 0.2) is 6.61 Å². The summed E-state index contributed by atoms with van der Waals surface area (Å²) in [5.41, 5.74) is 1.87. The summed E-state index contributed by atoms with van der Waals surface area (Å²) in [4.78, 5) is 38.7. The second-order valence-electron chi connectivity index (χ2n) is 8.40. The van der Waals surface area contributed by atoms with Gasteiger partial charge in [0.25, 0.3) is 5.91 Å². The zero-order valence-corrected chi connectivity index (χ0v) is 19.1. The van der Waals surface area contributed by atoms with Crippen LogP contribution in [-0.4, -0.2) is 57.8 Å². The molecule has 1 saturated carbocycles. The Hall–Kier alpha value is -3.26. The molecule has 0 spiro atoms. The van der Waals surface area contributed by atoms with Crippen LogP contribution < -0.4 is 4.74 Å². The lowest BCUT2D eigenvalue weighted by molar-refractivity contribution is -0.136. The van der Waals surface area contributed by atoms with E-state index in [1.54, 1.807) is 23.7 Å². The fraction of sp³-hybridized carbons (Fsp3) is 0.360. The van der Waals surface area contributed by atoms with Crippen molar-refractivity contribution >= 4 is 23.2 Å². The maximum absolute atomic E-state index is 13.3. The van der Waals surface area contributed by atoms with Gasteiger partial charge in [0.1, 0.15) is 10.8 Å². The number of nitrogens with zero attached hydrogens (tertiary/aromatic N) is 4. The van der Waals surface area contributed by atoms with Crippen molar-refractivity contribution < 1.29 is 14.3 Å². The lowest BCUT2D eigenvalue weighted by atomic mass is 10.1. The highest BCUT2D eigenvalue weighted by atomic mass is 32.1. The Morgan fingerprint density at radius 2 is 1.79 bits per heavy atom. The third-order valence-electron chi connectivity index (χ3n) is 6.11. The first-order valence-corrected chi connectivity index (χ1v) is 12.2. The Bertz CT molecular complexity index is 1100. The van der Waals surface area contributed by atoms with Crippen LogP contribution in [0.1, 0.15) is 30.3 Å². The summed E-state index contributed by atoms with van der Waals surface area (Å²) >= 11 is 1.55. The smallest absolute Gasteiger partial charge is 0.261 e. The number of para-hydroxylation sites is 1. The van der Waals surface area contributed by atoms with Crippen LogP contribution in [0.15, 0.2) is 60.2 Å². The van der Waals surface area contributed by atoms with Gasteiger partial charge in [0.05, 0.1) is 11.7 Å². The average molecular weight is 463 g/mol. The van der Waals surface area contributed by atoms with Crippen LogP contribution in [0.5, 0.6) is 5.75 Å². The average Bonchev–Trinajstić information content (AvgIpc) is 3.64. The number of carbonyl (C=O) groups excluding carboxylic acids is 2. The van der Waals surface area contributed by atoms with E-state index in [2.05, 4.69) is 4.98 Å². The van der Waals surface area contributed by atoms with E-state index in [0.29, 0.717) is 31.8 Å². The molecular formula is C25H26N4O3S. The Labute approximate surface area is 197 Å². The van der Waals surface area contributed by atoms with E-state index >= 15 is 0 Å². The number of benzene rings is 1. The van der Waals surface area contributed by atoms with E-state index in [4.69, 9.17) is 9.72 Å². The standard InChI is InChI=1S/C25H26N4O3S/c30-23(16-32-20-4-2-1-3-5-20)29-15-14-28(25(31)19-6-7-19)13-10-22(29)24-27-21(17-33-24)18-8-11-26-12-9-18/h1-5,8-9,11-12,17,19,22H,6-7,10,13-16H2. The van der Waals surface area contributed by atoms with E-state index in [1.807, 2.05) is 57.6 Å². The second kappa shape index (κ2) is 9.70. The number of carbonyl (C=O) groups is 2. The number of hydrogen-bond acceptors (Lipinski definition) is 6. The first-order chi connectivity index (χ1) is 16.2. The molecule has 0 radical (unpaired) electrons. The van der Waals surface area contributed by atoms with Crippen LogP contribution in [0.2, 0.25) is 0 Å². The number of rotatable bonds is 6. The van der Waals surface area contributed by atoms with Crippen molar-refractivity contribution in [2.24, 2.45) is 5.92 Å². The van der Waals surface area contributed by atoms with Crippen molar-refractivity contribution in [3.05, 3.63) is 65.2 Å². The Balaban J connectivity index is 1.36. The molecule has 5 rings (SSSR count). The molecule has 0 bridgehead atoms. The highest BCUT2D eigenvalue weighted by Gasteiger charge is 2.37. The number of thiazole rings is 1. The van der Waals surface area contributed by atoms with Gasteiger partial charge in [-0.1, -0.05) is 18.2 Å². The van der Waals surface area contributed by atoms with E-state index < -0.39 is 0 Å². The molecule has 170 valence electrons. The van der Waals surface area contributed by atoms with Gasteiger partial charge in [-0.2, -0.15) is 0 Å². The molecule has 0 N–H and O–H groups in total. The lowest BCUT2D eigenvalue weighted by Crippen LogP contribution is -2.40. The molecule has 1 aromatic carbocycles. The van der Waals surface area contributed by atoms with Crippen molar-refractivity contribution in [2.75, 3.05) is 26.2 Å². The zero-order chi connectivity index (χ0) is 22.6. The third-order valence-corrected chi connectivity index (χ3v) is 7.05. The summed E-state index contributed by atoms with van der Waals surface area (Å²) in [5, 5.41) is 2.90. The molecule has 33 heavy (non-hydrogen) atoms. The Morgan fingerprint density at radius 1 is 1.00 bits per heavy atom. The van der Waals surface area contributed by atoms with Crippen molar-refractivity contribution in [1.82, 2.24) is 19.8 Å². The molecule has 2 aromatic heterocycles. The van der Waals surface area contributed by atoms with Crippen LogP contribution in [0, 0.1) is 5.92 Å². The molecule has 1 aliphatic heterocycles. The van der Waals surface area contributed by atoms with Gasteiger partial charge in [-0.25, -0.2) is 4.98 Å². The molecular weight excluding hydrogens is 436 g/mol. The third kappa shape index (κ3) is 5.06. The molecule has 3 heterocycles. The van der Waals surface area contributed by atoms with Gasteiger partial charge >= 0.3 is 0 Å². The monoisotopic (exact) mass is 462 g/mol. The van der Waals surface area contributed by atoms with E-state index in [-0.39, 0.29) is 30.4 Å². The van der Waals surface area contributed by atoms with Crippen LogP contribution in [0.25, 0.3) is 11.3 Å². The number of amides is 2. The molecule has 8 heteroatoms. The number of pyridine rings is 1. The van der Waals surface area contributed by atoms with Gasteiger partial charge < -0.3 is 14.5 Å². The van der Waals surface area contributed by atoms with Gasteiger partial charge in [0, 0.05) is 48.9 Å². The quantitative estimate of drug-likeness (QED) is 0.557. The SMILES string of the molecule is O=C(C1CC1)N1CCC(c2nc(-c3ccncc3)cs2)N(C(=O)COc2ccccc2)CC1. The minimum Gasteiger partial charge on any atom is -0.484 e. The highest BCUT2D eigenvalue weighted by molar-refractivity contribution is 7.10. The van der Waals surface area contributed by atoms with Crippen LogP contribution in [-0.2, 0) is 9.59 Å². The van der Waals surface area contributed by atoms with Crippen molar-refractivity contribution in [3.8, 4) is 17.0 Å². The minimum atomic E-state index is -0.186. The normalized spacial score (nSPS) is 18.6. The predicted molar refractivity (Wildman–Crippen MR) is 126 cm³/mol. The molecule has 1 atom stereocenters. The summed E-state index contributed by atoms with van der Waals surface area (Å²) in [6.07, 6.45) is 6.12. The minimum absolute atomic E-state index is 0.0420. The summed E-state index contributed by atoms with van der Waals surface area (Å²) < 4.78 is 5.75. The summed E-state index contributed by atoms with van der Waals surface area (Å²) in [5.74, 6) is 0.965. The van der Waals surface area contributed by atoms with Crippen LogP contribution in [0.4, 0.5) is 0 Å². The van der Waals surface area contributed by atoms with E-state index in [0.717, 1.165) is 29.1 Å².